The molecule has 1 amide bonds. The molecule has 194 valence electrons. The highest BCUT2D eigenvalue weighted by Crippen LogP contribution is 2.40. The number of allylic oxidation sites excluding steroid dienone is 1. The number of aromatic nitrogens is 3. The summed E-state index contributed by atoms with van der Waals surface area (Å²) < 4.78 is 19.2. The maximum absolute atomic E-state index is 12.7. The first-order chi connectivity index (χ1) is 18.5. The van der Waals surface area contributed by atoms with Crippen LogP contribution in [0.1, 0.15) is 31.0 Å². The standard InChI is InChI=1S/C29H29N5O4/c1-4-37-24-16-20(14-15-23(24)38-17-19-10-6-5-7-11-19)26-25(27(30)35)18(2)31-29-32-28(33-34(26)29)21-12-8-9-13-22(21)36-3/h5-16,26H,4,17H2,1-3H3,(H2,30,35)(H,31,32,33). The van der Waals surface area contributed by atoms with Crippen molar-refractivity contribution >= 4 is 11.9 Å². The average molecular weight is 512 g/mol. The molecule has 0 fully saturated rings. The summed E-state index contributed by atoms with van der Waals surface area (Å²) in [4.78, 5) is 17.4. The Morgan fingerprint density at radius 3 is 2.50 bits per heavy atom. The Labute approximate surface area is 220 Å². The van der Waals surface area contributed by atoms with Crippen molar-refractivity contribution in [2.45, 2.75) is 26.5 Å². The largest absolute Gasteiger partial charge is 0.496 e. The monoisotopic (exact) mass is 511 g/mol. The molecule has 1 aromatic heterocycles. The summed E-state index contributed by atoms with van der Waals surface area (Å²) >= 11 is 0. The van der Waals surface area contributed by atoms with Crippen LogP contribution in [0.15, 0.2) is 84.1 Å². The van der Waals surface area contributed by atoms with E-state index < -0.39 is 11.9 Å². The summed E-state index contributed by atoms with van der Waals surface area (Å²) in [6.07, 6.45) is 0. The fourth-order valence-electron chi connectivity index (χ4n) is 4.54. The lowest BCUT2D eigenvalue weighted by Gasteiger charge is -2.28. The number of benzene rings is 3. The Balaban J connectivity index is 1.57. The molecule has 0 spiro atoms. The minimum Gasteiger partial charge on any atom is -0.496 e. The van der Waals surface area contributed by atoms with Gasteiger partial charge >= 0.3 is 0 Å². The number of ether oxygens (including phenoxy) is 3. The van der Waals surface area contributed by atoms with Gasteiger partial charge in [0.1, 0.15) is 18.4 Å². The van der Waals surface area contributed by atoms with Crippen LogP contribution < -0.4 is 25.3 Å². The number of primary amides is 1. The Hall–Kier alpha value is -4.79. The van der Waals surface area contributed by atoms with Crippen LogP contribution in [0.4, 0.5) is 5.95 Å². The molecule has 1 unspecified atom stereocenters. The molecule has 4 aromatic rings. The van der Waals surface area contributed by atoms with Crippen molar-refractivity contribution in [3.05, 3.63) is 95.2 Å². The van der Waals surface area contributed by atoms with Gasteiger partial charge in [-0.25, -0.2) is 4.68 Å². The topological polar surface area (TPSA) is 114 Å². The number of carbonyl (C=O) groups is 1. The normalized spacial score (nSPS) is 14.4. The molecule has 0 saturated carbocycles. The fourth-order valence-corrected chi connectivity index (χ4v) is 4.54. The van der Waals surface area contributed by atoms with Gasteiger partial charge in [0.15, 0.2) is 17.3 Å². The van der Waals surface area contributed by atoms with Gasteiger partial charge in [-0.2, -0.15) is 4.98 Å². The number of fused-ring (bicyclic) bond motifs is 1. The molecule has 0 saturated heterocycles. The molecular weight excluding hydrogens is 482 g/mol. The number of amides is 1. The van der Waals surface area contributed by atoms with Crippen molar-refractivity contribution in [3.63, 3.8) is 0 Å². The van der Waals surface area contributed by atoms with E-state index in [9.17, 15) is 4.79 Å². The lowest BCUT2D eigenvalue weighted by molar-refractivity contribution is -0.115. The fraction of sp³-hybridized carbons (Fsp3) is 0.207. The number of nitrogens with two attached hydrogens (primary N) is 1. The third-order valence-corrected chi connectivity index (χ3v) is 6.29. The van der Waals surface area contributed by atoms with Crippen LogP contribution in [0.25, 0.3) is 11.4 Å². The number of methoxy groups -OCH3 is 1. The highest BCUT2D eigenvalue weighted by atomic mass is 16.5. The van der Waals surface area contributed by atoms with Gasteiger partial charge in [0, 0.05) is 5.70 Å². The zero-order valence-electron chi connectivity index (χ0n) is 21.5. The Kier molecular flexibility index (Phi) is 6.99. The molecule has 0 aliphatic carbocycles. The SMILES string of the molecule is CCOc1cc(C2C(C(N)=O)=C(C)Nc3nc(-c4ccccc4OC)nn32)ccc1OCc1ccccc1. The Morgan fingerprint density at radius 1 is 1.00 bits per heavy atom. The van der Waals surface area contributed by atoms with Crippen molar-refractivity contribution < 1.29 is 19.0 Å². The van der Waals surface area contributed by atoms with E-state index in [1.807, 2.05) is 79.7 Å². The van der Waals surface area contributed by atoms with Crippen molar-refractivity contribution in [3.8, 4) is 28.6 Å². The highest BCUT2D eigenvalue weighted by molar-refractivity contribution is 5.95. The van der Waals surface area contributed by atoms with Crippen LogP contribution in [0.3, 0.4) is 0 Å². The minimum atomic E-state index is -0.623. The van der Waals surface area contributed by atoms with Crippen LogP contribution >= 0.6 is 0 Å². The van der Waals surface area contributed by atoms with Crippen molar-refractivity contribution in [1.29, 1.82) is 0 Å². The first-order valence-corrected chi connectivity index (χ1v) is 12.3. The van der Waals surface area contributed by atoms with Gasteiger partial charge < -0.3 is 25.3 Å². The van der Waals surface area contributed by atoms with Crippen molar-refractivity contribution in [2.24, 2.45) is 5.73 Å². The number of hydrogen-bond donors (Lipinski definition) is 2. The number of para-hydroxylation sites is 1. The van der Waals surface area contributed by atoms with E-state index in [2.05, 4.69) is 5.32 Å². The predicted molar refractivity (Wildman–Crippen MR) is 144 cm³/mol. The van der Waals surface area contributed by atoms with E-state index in [0.717, 1.165) is 16.7 Å². The summed E-state index contributed by atoms with van der Waals surface area (Å²) in [5.74, 6) is 2.20. The summed E-state index contributed by atoms with van der Waals surface area (Å²) in [5.41, 5.74) is 9.40. The van der Waals surface area contributed by atoms with Gasteiger partial charge in [0.05, 0.1) is 24.9 Å². The molecular formula is C29H29N5O4. The summed E-state index contributed by atoms with van der Waals surface area (Å²) in [6, 6.07) is 22.4. The third kappa shape index (κ3) is 4.78. The number of hydrogen-bond acceptors (Lipinski definition) is 7. The summed E-state index contributed by atoms with van der Waals surface area (Å²) in [7, 11) is 1.60. The highest BCUT2D eigenvalue weighted by Gasteiger charge is 2.34. The van der Waals surface area contributed by atoms with Crippen LogP contribution in [-0.4, -0.2) is 34.4 Å². The minimum absolute atomic E-state index is 0.384. The molecule has 1 atom stereocenters. The number of anilines is 1. The molecule has 0 radical (unpaired) electrons. The van der Waals surface area contributed by atoms with Crippen molar-refractivity contribution in [1.82, 2.24) is 14.8 Å². The molecule has 9 heteroatoms. The van der Waals surface area contributed by atoms with E-state index in [-0.39, 0.29) is 0 Å². The van der Waals surface area contributed by atoms with Crippen LogP contribution in [-0.2, 0) is 11.4 Å². The number of rotatable bonds is 9. The lowest BCUT2D eigenvalue weighted by Crippen LogP contribution is -2.31. The maximum atomic E-state index is 12.7. The Bertz CT molecular complexity index is 1500. The quantitative estimate of drug-likeness (QED) is 0.335. The van der Waals surface area contributed by atoms with E-state index in [0.29, 0.717) is 53.5 Å². The average Bonchev–Trinajstić information content (AvgIpc) is 3.35. The smallest absolute Gasteiger partial charge is 0.248 e. The molecule has 2 heterocycles. The van der Waals surface area contributed by atoms with Gasteiger partial charge in [0.25, 0.3) is 0 Å². The Morgan fingerprint density at radius 2 is 1.76 bits per heavy atom. The zero-order chi connectivity index (χ0) is 26.6. The second-order valence-corrected chi connectivity index (χ2v) is 8.75. The van der Waals surface area contributed by atoms with E-state index in [1.54, 1.807) is 18.7 Å². The molecule has 0 bridgehead atoms. The summed E-state index contributed by atoms with van der Waals surface area (Å²) in [5, 5.41) is 7.96. The second kappa shape index (κ2) is 10.7. The van der Waals surface area contributed by atoms with Crippen LogP contribution in [0, 0.1) is 0 Å². The molecule has 3 aromatic carbocycles. The van der Waals surface area contributed by atoms with Crippen LogP contribution in [0.2, 0.25) is 0 Å². The second-order valence-electron chi connectivity index (χ2n) is 8.75. The molecule has 1 aliphatic heterocycles. The van der Waals surface area contributed by atoms with Gasteiger partial charge in [-0.05, 0) is 49.2 Å². The molecule has 1 aliphatic rings. The van der Waals surface area contributed by atoms with Gasteiger partial charge in [-0.3, -0.25) is 4.79 Å². The maximum Gasteiger partial charge on any atom is 0.248 e. The first-order valence-electron chi connectivity index (χ1n) is 12.3. The zero-order valence-corrected chi connectivity index (χ0v) is 21.5. The van der Waals surface area contributed by atoms with Crippen LogP contribution in [0.5, 0.6) is 17.2 Å². The van der Waals surface area contributed by atoms with E-state index >= 15 is 0 Å². The number of carbonyl (C=O) groups excluding carboxylic acids is 1. The number of nitrogens with zero attached hydrogens (tertiary/aromatic N) is 3. The van der Waals surface area contributed by atoms with Gasteiger partial charge in [0.2, 0.25) is 11.9 Å². The lowest BCUT2D eigenvalue weighted by atomic mass is 9.95. The first kappa shape index (κ1) is 24.9. The van der Waals surface area contributed by atoms with Gasteiger partial charge in [-0.15, -0.1) is 5.10 Å². The molecule has 5 rings (SSSR count). The van der Waals surface area contributed by atoms with E-state index in [4.69, 9.17) is 30.0 Å². The number of nitrogens with one attached hydrogen (secondary N) is 1. The molecule has 9 nitrogen and oxygen atoms in total. The van der Waals surface area contributed by atoms with Gasteiger partial charge in [-0.1, -0.05) is 48.5 Å². The predicted octanol–water partition coefficient (Wildman–Crippen LogP) is 4.71. The molecule has 3 N–H and O–H groups in total. The van der Waals surface area contributed by atoms with Crippen molar-refractivity contribution in [2.75, 3.05) is 19.0 Å². The summed E-state index contributed by atoms with van der Waals surface area (Å²) in [6.45, 7) is 4.55. The molecule has 38 heavy (non-hydrogen) atoms. The third-order valence-electron chi connectivity index (χ3n) is 6.29. The van der Waals surface area contributed by atoms with E-state index in [1.165, 1.54) is 0 Å².